The molecule has 0 heterocycles. The van der Waals surface area contributed by atoms with Crippen LogP contribution in [0.25, 0.3) is 0 Å². The van der Waals surface area contributed by atoms with Crippen LogP contribution >= 0.6 is 23.2 Å². The minimum absolute atomic E-state index is 0.0724. The predicted octanol–water partition coefficient (Wildman–Crippen LogP) is 4.13. The largest absolute Gasteiger partial charge is 0.486 e. The fourth-order valence-electron chi connectivity index (χ4n) is 1.50. The van der Waals surface area contributed by atoms with Gasteiger partial charge >= 0.3 is 0 Å². The molecule has 0 spiro atoms. The van der Waals surface area contributed by atoms with Crippen LogP contribution in [0.2, 0.25) is 10.0 Å². The summed E-state index contributed by atoms with van der Waals surface area (Å²) >= 11 is 11.9. The second kappa shape index (κ2) is 5.07. The third kappa shape index (κ3) is 3.69. The van der Waals surface area contributed by atoms with Gasteiger partial charge in [-0.3, -0.25) is 4.79 Å². The number of carbonyl (C=O) groups excluding carboxylic acids is 1. The predicted molar refractivity (Wildman–Crippen MR) is 66.5 cm³/mol. The summed E-state index contributed by atoms with van der Waals surface area (Å²) in [4.78, 5) is 11.1. The van der Waals surface area contributed by atoms with E-state index in [-0.39, 0.29) is 5.78 Å². The van der Waals surface area contributed by atoms with Gasteiger partial charge < -0.3 is 4.74 Å². The minimum Gasteiger partial charge on any atom is -0.486 e. The fourth-order valence-corrected chi connectivity index (χ4v) is 1.83. The van der Waals surface area contributed by atoms with Crippen LogP contribution in [0.1, 0.15) is 27.2 Å². The molecule has 0 fully saturated rings. The Labute approximate surface area is 106 Å². The zero-order chi connectivity index (χ0) is 12.3. The second-order valence-corrected chi connectivity index (χ2v) is 5.08. The first-order chi connectivity index (χ1) is 7.32. The van der Waals surface area contributed by atoms with Gasteiger partial charge in [0.1, 0.15) is 22.2 Å². The van der Waals surface area contributed by atoms with Gasteiger partial charge in [-0.1, -0.05) is 29.3 Å². The van der Waals surface area contributed by atoms with Gasteiger partial charge in [-0.15, -0.1) is 0 Å². The van der Waals surface area contributed by atoms with E-state index in [0.717, 1.165) is 0 Å². The van der Waals surface area contributed by atoms with Crippen molar-refractivity contribution in [3.63, 3.8) is 0 Å². The molecule has 1 rings (SSSR count). The van der Waals surface area contributed by atoms with Gasteiger partial charge in [0.15, 0.2) is 0 Å². The van der Waals surface area contributed by atoms with E-state index in [9.17, 15) is 4.79 Å². The molecule has 0 amide bonds. The van der Waals surface area contributed by atoms with Gasteiger partial charge in [-0.05, 0) is 32.9 Å². The van der Waals surface area contributed by atoms with E-state index in [1.54, 1.807) is 18.2 Å². The molecule has 0 aromatic heterocycles. The van der Waals surface area contributed by atoms with Crippen LogP contribution in [0.3, 0.4) is 0 Å². The smallest absolute Gasteiger partial charge is 0.140 e. The van der Waals surface area contributed by atoms with Crippen LogP contribution in [0, 0.1) is 0 Å². The van der Waals surface area contributed by atoms with Crippen molar-refractivity contribution in [3.05, 3.63) is 28.2 Å². The summed E-state index contributed by atoms with van der Waals surface area (Å²) in [6.07, 6.45) is 0.329. The number of rotatable bonds is 4. The number of hydrogen-bond acceptors (Lipinski definition) is 2. The molecule has 1 aromatic rings. The van der Waals surface area contributed by atoms with E-state index in [1.807, 2.05) is 13.8 Å². The Morgan fingerprint density at radius 1 is 1.38 bits per heavy atom. The molecule has 4 heteroatoms. The number of ketones is 1. The number of carbonyl (C=O) groups is 1. The van der Waals surface area contributed by atoms with E-state index in [0.29, 0.717) is 22.2 Å². The van der Waals surface area contributed by atoms with Gasteiger partial charge in [0, 0.05) is 6.42 Å². The first-order valence-electron chi connectivity index (χ1n) is 4.94. The quantitative estimate of drug-likeness (QED) is 0.814. The maximum absolute atomic E-state index is 11.1. The summed E-state index contributed by atoms with van der Waals surface area (Å²) in [5.74, 6) is 0.573. The van der Waals surface area contributed by atoms with Crippen molar-refractivity contribution in [1.29, 1.82) is 0 Å². The first-order valence-corrected chi connectivity index (χ1v) is 5.70. The lowest BCUT2D eigenvalue weighted by atomic mass is 10.0. The third-order valence-electron chi connectivity index (χ3n) is 1.98. The summed E-state index contributed by atoms with van der Waals surface area (Å²) in [7, 11) is 0. The van der Waals surface area contributed by atoms with E-state index in [1.165, 1.54) is 6.92 Å². The first kappa shape index (κ1) is 13.3. The molecule has 0 bridgehead atoms. The SMILES string of the molecule is CC(=O)CC(C)(C)Oc1cccc(Cl)c1Cl. The van der Waals surface area contributed by atoms with E-state index >= 15 is 0 Å². The van der Waals surface area contributed by atoms with Gasteiger partial charge in [0.25, 0.3) is 0 Å². The molecule has 0 unspecified atom stereocenters. The summed E-state index contributed by atoms with van der Waals surface area (Å²) in [6.45, 7) is 5.21. The molecule has 0 atom stereocenters. The van der Waals surface area contributed by atoms with Crippen LogP contribution < -0.4 is 4.74 Å². The lowest BCUT2D eigenvalue weighted by Crippen LogP contribution is -2.30. The average molecular weight is 261 g/mol. The maximum Gasteiger partial charge on any atom is 0.140 e. The Balaban J connectivity index is 2.87. The standard InChI is InChI=1S/C12H14Cl2O2/c1-8(15)7-12(2,3)16-10-6-4-5-9(13)11(10)14/h4-6H,7H2,1-3H3. The third-order valence-corrected chi connectivity index (χ3v) is 2.78. The minimum atomic E-state index is -0.583. The number of Topliss-reactive ketones (excluding diaryl/α,β-unsaturated/α-hetero) is 1. The van der Waals surface area contributed by atoms with Gasteiger partial charge in [-0.25, -0.2) is 0 Å². The highest BCUT2D eigenvalue weighted by atomic mass is 35.5. The normalized spacial score (nSPS) is 11.3. The zero-order valence-electron chi connectivity index (χ0n) is 9.51. The molecule has 1 aromatic carbocycles. The molecule has 2 nitrogen and oxygen atoms in total. The Morgan fingerprint density at radius 3 is 2.56 bits per heavy atom. The topological polar surface area (TPSA) is 26.3 Å². The molecule has 0 saturated carbocycles. The zero-order valence-corrected chi connectivity index (χ0v) is 11.0. The van der Waals surface area contributed by atoms with Gasteiger partial charge in [-0.2, -0.15) is 0 Å². The highest BCUT2D eigenvalue weighted by Crippen LogP contribution is 2.34. The Kier molecular flexibility index (Phi) is 4.22. The van der Waals surface area contributed by atoms with Crippen molar-refractivity contribution < 1.29 is 9.53 Å². The van der Waals surface area contributed by atoms with Crippen molar-refractivity contribution in [1.82, 2.24) is 0 Å². The number of halogens is 2. The monoisotopic (exact) mass is 260 g/mol. The Bertz CT molecular complexity index is 400. The highest BCUT2D eigenvalue weighted by molar-refractivity contribution is 6.42. The highest BCUT2D eigenvalue weighted by Gasteiger charge is 2.23. The van der Waals surface area contributed by atoms with Gasteiger partial charge in [0.2, 0.25) is 0 Å². The molecule has 0 aliphatic rings. The van der Waals surface area contributed by atoms with Crippen LogP contribution in [-0.2, 0) is 4.79 Å². The van der Waals surface area contributed by atoms with E-state index in [4.69, 9.17) is 27.9 Å². The molecule has 16 heavy (non-hydrogen) atoms. The van der Waals surface area contributed by atoms with Crippen LogP contribution in [0.4, 0.5) is 0 Å². The average Bonchev–Trinajstić information content (AvgIpc) is 2.10. The Hall–Kier alpha value is -0.730. The van der Waals surface area contributed by atoms with Gasteiger partial charge in [0.05, 0.1) is 5.02 Å². The van der Waals surface area contributed by atoms with Crippen LogP contribution in [0.15, 0.2) is 18.2 Å². The maximum atomic E-state index is 11.1. The van der Waals surface area contributed by atoms with Crippen molar-refractivity contribution in [2.75, 3.05) is 0 Å². The van der Waals surface area contributed by atoms with Crippen molar-refractivity contribution >= 4 is 29.0 Å². The Morgan fingerprint density at radius 2 is 2.00 bits per heavy atom. The molecular formula is C12H14Cl2O2. The molecule has 0 radical (unpaired) electrons. The second-order valence-electron chi connectivity index (χ2n) is 4.29. The summed E-state index contributed by atoms with van der Waals surface area (Å²) < 4.78 is 5.69. The lowest BCUT2D eigenvalue weighted by Gasteiger charge is -2.26. The number of benzene rings is 1. The molecule has 0 aliphatic carbocycles. The molecule has 0 aliphatic heterocycles. The van der Waals surface area contributed by atoms with Crippen LogP contribution in [0.5, 0.6) is 5.75 Å². The summed E-state index contributed by atoms with van der Waals surface area (Å²) in [6, 6.07) is 5.18. The summed E-state index contributed by atoms with van der Waals surface area (Å²) in [5.41, 5.74) is -0.583. The summed E-state index contributed by atoms with van der Waals surface area (Å²) in [5, 5.41) is 0.818. The fraction of sp³-hybridized carbons (Fsp3) is 0.417. The van der Waals surface area contributed by atoms with Crippen LogP contribution in [-0.4, -0.2) is 11.4 Å². The number of ether oxygens (including phenoxy) is 1. The van der Waals surface area contributed by atoms with Crippen molar-refractivity contribution in [2.24, 2.45) is 0 Å². The number of hydrogen-bond donors (Lipinski definition) is 0. The molecule has 0 N–H and O–H groups in total. The van der Waals surface area contributed by atoms with Crippen molar-refractivity contribution in [3.8, 4) is 5.75 Å². The van der Waals surface area contributed by atoms with E-state index < -0.39 is 5.60 Å². The molecule has 0 saturated heterocycles. The molecule has 88 valence electrons. The lowest BCUT2D eigenvalue weighted by molar-refractivity contribution is -0.120. The van der Waals surface area contributed by atoms with Crippen molar-refractivity contribution in [2.45, 2.75) is 32.8 Å². The van der Waals surface area contributed by atoms with E-state index in [2.05, 4.69) is 0 Å². The molecular weight excluding hydrogens is 247 g/mol.